The van der Waals surface area contributed by atoms with Crippen molar-refractivity contribution >= 4 is 11.7 Å². The van der Waals surface area contributed by atoms with Gasteiger partial charge in [-0.25, -0.2) is 4.79 Å². The molecule has 2 aromatic carbocycles. The maximum Gasteiger partial charge on any atom is 0.319 e. The Balaban J connectivity index is 1.96. The lowest BCUT2D eigenvalue weighted by atomic mass is 10.0. The topological polar surface area (TPSA) is 41.1 Å². The van der Waals surface area contributed by atoms with Gasteiger partial charge in [-0.2, -0.15) is 0 Å². The van der Waals surface area contributed by atoms with Crippen LogP contribution < -0.4 is 10.6 Å². The molecule has 0 saturated heterocycles. The highest BCUT2D eigenvalue weighted by molar-refractivity contribution is 5.88. The fourth-order valence-electron chi connectivity index (χ4n) is 2.29. The first-order chi connectivity index (χ1) is 9.72. The number of hydrogen-bond donors (Lipinski definition) is 2. The Kier molecular flexibility index (Phi) is 3.25. The van der Waals surface area contributed by atoms with Crippen molar-refractivity contribution in [3.8, 4) is 0 Å². The van der Waals surface area contributed by atoms with Gasteiger partial charge in [-0.1, -0.05) is 60.2 Å². The van der Waals surface area contributed by atoms with Gasteiger partial charge in [0.15, 0.2) is 0 Å². The predicted octanol–water partition coefficient (Wildman–Crippen LogP) is 3.39. The average molecular weight is 264 g/mol. The molecule has 0 bridgehead atoms. The number of rotatable bonds is 2. The Labute approximate surface area is 118 Å². The third kappa shape index (κ3) is 2.57. The summed E-state index contributed by atoms with van der Waals surface area (Å²) < 4.78 is 0. The van der Waals surface area contributed by atoms with Gasteiger partial charge in [-0.15, -0.1) is 0 Å². The maximum atomic E-state index is 11.8. The molecule has 1 heterocycles. The minimum Gasteiger partial charge on any atom is -0.327 e. The molecule has 1 unspecified atom stereocenters. The lowest BCUT2D eigenvalue weighted by molar-refractivity contribution is 0.241. The van der Waals surface area contributed by atoms with Gasteiger partial charge in [0.25, 0.3) is 0 Å². The van der Waals surface area contributed by atoms with E-state index in [1.54, 1.807) is 0 Å². The molecule has 0 radical (unpaired) electrons. The summed E-state index contributed by atoms with van der Waals surface area (Å²) in [4.78, 5) is 11.8. The number of amides is 2. The van der Waals surface area contributed by atoms with E-state index >= 15 is 0 Å². The van der Waals surface area contributed by atoms with Gasteiger partial charge in [0.2, 0.25) is 0 Å². The molecular formula is C17H16N2O. The Morgan fingerprint density at radius 1 is 0.950 bits per heavy atom. The van der Waals surface area contributed by atoms with Gasteiger partial charge in [0.05, 0.1) is 6.04 Å². The molecule has 0 aromatic heterocycles. The fraction of sp³-hybridized carbons (Fsp3) is 0.118. The molecule has 1 aliphatic rings. The zero-order chi connectivity index (χ0) is 13.9. The van der Waals surface area contributed by atoms with Crippen molar-refractivity contribution in [1.82, 2.24) is 10.6 Å². The zero-order valence-corrected chi connectivity index (χ0v) is 11.3. The Hall–Kier alpha value is -2.55. The molecule has 2 N–H and O–H groups in total. The number of carbonyl (C=O) groups is 1. The lowest BCUT2D eigenvalue weighted by Crippen LogP contribution is -2.40. The van der Waals surface area contributed by atoms with Crippen molar-refractivity contribution < 1.29 is 4.79 Å². The second-order valence-electron chi connectivity index (χ2n) is 4.93. The van der Waals surface area contributed by atoms with Crippen LogP contribution >= 0.6 is 0 Å². The van der Waals surface area contributed by atoms with Crippen LogP contribution in [0.1, 0.15) is 22.7 Å². The SMILES string of the molecule is Cc1ccc(C2=CC(c3ccccc3)NC(=O)N2)cc1. The summed E-state index contributed by atoms with van der Waals surface area (Å²) in [7, 11) is 0. The summed E-state index contributed by atoms with van der Waals surface area (Å²) >= 11 is 0. The molecule has 1 atom stereocenters. The van der Waals surface area contributed by atoms with Crippen molar-refractivity contribution in [2.45, 2.75) is 13.0 Å². The van der Waals surface area contributed by atoms with Crippen LogP contribution in [0.15, 0.2) is 60.7 Å². The van der Waals surface area contributed by atoms with Crippen molar-refractivity contribution in [2.24, 2.45) is 0 Å². The van der Waals surface area contributed by atoms with Crippen LogP contribution in [0.3, 0.4) is 0 Å². The summed E-state index contributed by atoms with van der Waals surface area (Å²) in [6, 6.07) is 17.8. The number of aryl methyl sites for hydroxylation is 1. The van der Waals surface area contributed by atoms with E-state index in [4.69, 9.17) is 0 Å². The molecule has 3 nitrogen and oxygen atoms in total. The minimum atomic E-state index is -0.170. The second-order valence-corrected chi connectivity index (χ2v) is 4.93. The number of urea groups is 1. The van der Waals surface area contributed by atoms with Gasteiger partial charge in [0, 0.05) is 5.70 Å². The van der Waals surface area contributed by atoms with Crippen LogP contribution in [-0.4, -0.2) is 6.03 Å². The highest BCUT2D eigenvalue weighted by Crippen LogP contribution is 2.23. The van der Waals surface area contributed by atoms with E-state index in [2.05, 4.69) is 10.6 Å². The molecule has 2 aromatic rings. The number of nitrogens with one attached hydrogen (secondary N) is 2. The van der Waals surface area contributed by atoms with E-state index in [1.807, 2.05) is 67.6 Å². The van der Waals surface area contributed by atoms with E-state index in [1.165, 1.54) is 5.56 Å². The van der Waals surface area contributed by atoms with E-state index in [-0.39, 0.29) is 12.1 Å². The lowest BCUT2D eigenvalue weighted by Gasteiger charge is -2.24. The second kappa shape index (κ2) is 5.21. The van der Waals surface area contributed by atoms with Gasteiger partial charge in [-0.05, 0) is 24.1 Å². The van der Waals surface area contributed by atoms with Crippen LogP contribution in [0.5, 0.6) is 0 Å². The number of benzene rings is 2. The van der Waals surface area contributed by atoms with Crippen molar-refractivity contribution in [3.63, 3.8) is 0 Å². The van der Waals surface area contributed by atoms with Gasteiger partial charge >= 0.3 is 6.03 Å². The quantitative estimate of drug-likeness (QED) is 0.857. The van der Waals surface area contributed by atoms with Crippen molar-refractivity contribution in [1.29, 1.82) is 0 Å². The average Bonchev–Trinajstić information content (AvgIpc) is 2.48. The van der Waals surface area contributed by atoms with E-state index in [9.17, 15) is 4.79 Å². The summed E-state index contributed by atoms with van der Waals surface area (Å²) in [5, 5.41) is 5.78. The van der Waals surface area contributed by atoms with Crippen LogP contribution in [-0.2, 0) is 0 Å². The first-order valence-corrected chi connectivity index (χ1v) is 6.64. The first-order valence-electron chi connectivity index (χ1n) is 6.64. The highest BCUT2D eigenvalue weighted by Gasteiger charge is 2.20. The molecule has 2 amide bonds. The number of carbonyl (C=O) groups excluding carboxylic acids is 1. The third-order valence-corrected chi connectivity index (χ3v) is 3.39. The maximum absolute atomic E-state index is 11.8. The zero-order valence-electron chi connectivity index (χ0n) is 11.3. The Morgan fingerprint density at radius 3 is 2.35 bits per heavy atom. The first kappa shape index (κ1) is 12.5. The largest absolute Gasteiger partial charge is 0.327 e. The van der Waals surface area contributed by atoms with Gasteiger partial charge < -0.3 is 10.6 Å². The van der Waals surface area contributed by atoms with Gasteiger partial charge in [-0.3, -0.25) is 0 Å². The Morgan fingerprint density at radius 2 is 1.65 bits per heavy atom. The molecule has 3 heteroatoms. The molecule has 0 saturated carbocycles. The van der Waals surface area contributed by atoms with Gasteiger partial charge in [0.1, 0.15) is 0 Å². The predicted molar refractivity (Wildman–Crippen MR) is 80.0 cm³/mol. The van der Waals surface area contributed by atoms with Crippen LogP contribution in [0.25, 0.3) is 5.70 Å². The minimum absolute atomic E-state index is 0.0961. The monoisotopic (exact) mass is 264 g/mol. The van der Waals surface area contributed by atoms with E-state index in [0.717, 1.165) is 16.8 Å². The molecular weight excluding hydrogens is 248 g/mol. The van der Waals surface area contributed by atoms with Crippen molar-refractivity contribution in [2.75, 3.05) is 0 Å². The fourth-order valence-corrected chi connectivity index (χ4v) is 2.29. The number of hydrogen-bond acceptors (Lipinski definition) is 1. The standard InChI is InChI=1S/C17H16N2O/c1-12-7-9-14(10-8-12)16-11-15(18-17(20)19-16)13-5-3-2-4-6-13/h2-11,15H,1H3,(H2,18,19,20). The molecule has 100 valence electrons. The van der Waals surface area contributed by atoms with Crippen LogP contribution in [0.4, 0.5) is 4.79 Å². The molecule has 0 fully saturated rings. The smallest absolute Gasteiger partial charge is 0.319 e. The molecule has 0 aliphatic carbocycles. The Bertz CT molecular complexity index is 644. The molecule has 20 heavy (non-hydrogen) atoms. The normalized spacial score (nSPS) is 17.9. The van der Waals surface area contributed by atoms with E-state index in [0.29, 0.717) is 0 Å². The van der Waals surface area contributed by atoms with Crippen LogP contribution in [0, 0.1) is 6.92 Å². The summed E-state index contributed by atoms with van der Waals surface area (Å²) in [6.45, 7) is 2.05. The van der Waals surface area contributed by atoms with Crippen molar-refractivity contribution in [3.05, 3.63) is 77.4 Å². The van der Waals surface area contributed by atoms with E-state index < -0.39 is 0 Å². The summed E-state index contributed by atoms with van der Waals surface area (Å²) in [5.41, 5.74) is 4.15. The molecule has 1 aliphatic heterocycles. The molecule has 0 spiro atoms. The summed E-state index contributed by atoms with van der Waals surface area (Å²) in [6.07, 6.45) is 2.04. The van der Waals surface area contributed by atoms with Crippen LogP contribution in [0.2, 0.25) is 0 Å². The third-order valence-electron chi connectivity index (χ3n) is 3.39. The highest BCUT2D eigenvalue weighted by atomic mass is 16.2. The summed E-state index contributed by atoms with van der Waals surface area (Å²) in [5.74, 6) is 0. The molecule has 3 rings (SSSR count).